The van der Waals surface area contributed by atoms with Crippen molar-refractivity contribution in [3.63, 3.8) is 0 Å². The van der Waals surface area contributed by atoms with Gasteiger partial charge in [-0.2, -0.15) is 0 Å². The van der Waals surface area contributed by atoms with Gasteiger partial charge in [-0.25, -0.2) is 0 Å². The lowest BCUT2D eigenvalue weighted by molar-refractivity contribution is -0.119. The minimum absolute atomic E-state index is 0.0850. The maximum Gasteiger partial charge on any atom is 0.255 e. The number of aryl methyl sites for hydroxylation is 1. The van der Waals surface area contributed by atoms with E-state index in [2.05, 4.69) is 24.3 Å². The molecular weight excluding hydrogens is 404 g/mol. The van der Waals surface area contributed by atoms with E-state index < -0.39 is 5.91 Å². The van der Waals surface area contributed by atoms with Crippen molar-refractivity contribution in [1.29, 1.82) is 0 Å². The van der Waals surface area contributed by atoms with E-state index in [0.717, 1.165) is 38.8 Å². The number of amides is 2. The number of benzene rings is 2. The zero-order valence-corrected chi connectivity index (χ0v) is 17.9. The Balaban J connectivity index is 1.59. The van der Waals surface area contributed by atoms with Crippen LogP contribution in [0.1, 0.15) is 35.2 Å². The standard InChI is InChI=1S/C23H27ClN2O4/c1-29-20-14-18(13-19(24)22(20)30-15-21(25)27)23(28)26-11-9-17(10-12-26)8-7-16-5-3-2-4-6-16/h2-6,13-14,17H,7-12,15H2,1H3,(H2,25,27). The number of likely N-dealkylation sites (tertiary alicyclic amines) is 1. The van der Waals surface area contributed by atoms with Gasteiger partial charge in [0, 0.05) is 18.7 Å². The molecule has 2 amide bonds. The predicted octanol–water partition coefficient (Wildman–Crippen LogP) is 3.70. The summed E-state index contributed by atoms with van der Waals surface area (Å²) in [6.45, 7) is 1.12. The summed E-state index contributed by atoms with van der Waals surface area (Å²) >= 11 is 6.27. The second kappa shape index (κ2) is 10.3. The molecule has 3 rings (SSSR count). The molecule has 160 valence electrons. The SMILES string of the molecule is COc1cc(C(=O)N2CCC(CCc3ccccc3)CC2)cc(Cl)c1OCC(N)=O. The molecule has 0 atom stereocenters. The molecule has 1 fully saturated rings. The van der Waals surface area contributed by atoms with E-state index in [1.807, 2.05) is 11.0 Å². The Labute approximate surface area is 181 Å². The third-order valence-electron chi connectivity index (χ3n) is 5.42. The molecule has 0 bridgehead atoms. The molecule has 0 saturated carbocycles. The number of hydrogen-bond acceptors (Lipinski definition) is 4. The normalized spacial score (nSPS) is 14.4. The largest absolute Gasteiger partial charge is 0.493 e. The molecule has 1 aliphatic rings. The second-order valence-corrected chi connectivity index (χ2v) is 7.91. The summed E-state index contributed by atoms with van der Waals surface area (Å²) < 4.78 is 10.6. The number of methoxy groups -OCH3 is 1. The highest BCUT2D eigenvalue weighted by Crippen LogP contribution is 2.37. The van der Waals surface area contributed by atoms with Gasteiger partial charge >= 0.3 is 0 Å². The molecule has 2 aromatic carbocycles. The summed E-state index contributed by atoms with van der Waals surface area (Å²) in [6.07, 6.45) is 4.18. The van der Waals surface area contributed by atoms with E-state index >= 15 is 0 Å². The number of nitrogens with zero attached hydrogens (tertiary/aromatic N) is 1. The van der Waals surface area contributed by atoms with Crippen LogP contribution >= 0.6 is 11.6 Å². The first-order valence-electron chi connectivity index (χ1n) is 10.1. The summed E-state index contributed by atoms with van der Waals surface area (Å²) in [5, 5.41) is 0.205. The molecule has 1 heterocycles. The Hall–Kier alpha value is -2.73. The van der Waals surface area contributed by atoms with Crippen molar-refractivity contribution in [2.45, 2.75) is 25.7 Å². The molecule has 1 saturated heterocycles. The van der Waals surface area contributed by atoms with Crippen LogP contribution in [0.15, 0.2) is 42.5 Å². The highest BCUT2D eigenvalue weighted by molar-refractivity contribution is 6.32. The highest BCUT2D eigenvalue weighted by Gasteiger charge is 2.25. The number of carbonyl (C=O) groups is 2. The third-order valence-corrected chi connectivity index (χ3v) is 5.70. The fourth-order valence-electron chi connectivity index (χ4n) is 3.75. The highest BCUT2D eigenvalue weighted by atomic mass is 35.5. The van der Waals surface area contributed by atoms with Crippen LogP contribution in [-0.4, -0.2) is 43.5 Å². The van der Waals surface area contributed by atoms with Crippen LogP contribution in [0.2, 0.25) is 5.02 Å². The van der Waals surface area contributed by atoms with Crippen molar-refractivity contribution >= 4 is 23.4 Å². The topological polar surface area (TPSA) is 81.9 Å². The first-order chi connectivity index (χ1) is 14.5. The Bertz CT molecular complexity index is 880. The summed E-state index contributed by atoms with van der Waals surface area (Å²) in [7, 11) is 1.45. The molecule has 6 nitrogen and oxygen atoms in total. The van der Waals surface area contributed by atoms with Crippen LogP contribution in [0.3, 0.4) is 0 Å². The number of ether oxygens (including phenoxy) is 2. The van der Waals surface area contributed by atoms with Crippen LogP contribution in [0.4, 0.5) is 0 Å². The maximum absolute atomic E-state index is 13.0. The molecule has 30 heavy (non-hydrogen) atoms. The van der Waals surface area contributed by atoms with Crippen LogP contribution in [-0.2, 0) is 11.2 Å². The first-order valence-corrected chi connectivity index (χ1v) is 10.5. The van der Waals surface area contributed by atoms with Gasteiger partial charge in [-0.15, -0.1) is 0 Å². The lowest BCUT2D eigenvalue weighted by atomic mass is 9.90. The molecule has 0 spiro atoms. The molecule has 2 aromatic rings. The Morgan fingerprint density at radius 1 is 1.17 bits per heavy atom. The van der Waals surface area contributed by atoms with Crippen molar-refractivity contribution in [2.75, 3.05) is 26.8 Å². The van der Waals surface area contributed by atoms with E-state index in [0.29, 0.717) is 17.2 Å². The van der Waals surface area contributed by atoms with Gasteiger partial charge in [-0.1, -0.05) is 41.9 Å². The van der Waals surface area contributed by atoms with Gasteiger partial charge in [0.2, 0.25) is 0 Å². The van der Waals surface area contributed by atoms with E-state index in [1.54, 1.807) is 12.1 Å². The molecular formula is C23H27ClN2O4. The van der Waals surface area contributed by atoms with Crippen molar-refractivity contribution in [2.24, 2.45) is 11.7 Å². The smallest absolute Gasteiger partial charge is 0.255 e. The third kappa shape index (κ3) is 5.66. The van der Waals surface area contributed by atoms with E-state index in [-0.39, 0.29) is 23.3 Å². The van der Waals surface area contributed by atoms with Crippen LogP contribution in [0, 0.1) is 5.92 Å². The Kier molecular flexibility index (Phi) is 7.57. The molecule has 0 unspecified atom stereocenters. The fourth-order valence-corrected chi connectivity index (χ4v) is 4.01. The van der Waals surface area contributed by atoms with Gasteiger partial charge in [-0.3, -0.25) is 9.59 Å². The van der Waals surface area contributed by atoms with E-state index in [9.17, 15) is 9.59 Å². The molecule has 0 radical (unpaired) electrons. The number of piperidine rings is 1. The predicted molar refractivity (Wildman–Crippen MR) is 116 cm³/mol. The summed E-state index contributed by atoms with van der Waals surface area (Å²) in [5.41, 5.74) is 6.91. The van der Waals surface area contributed by atoms with Crippen molar-refractivity contribution in [3.8, 4) is 11.5 Å². The average Bonchev–Trinajstić information content (AvgIpc) is 2.76. The molecule has 2 N–H and O–H groups in total. The van der Waals surface area contributed by atoms with E-state index in [1.165, 1.54) is 12.7 Å². The number of nitrogens with two attached hydrogens (primary N) is 1. The molecule has 0 aliphatic carbocycles. The van der Waals surface area contributed by atoms with Crippen molar-refractivity contribution < 1.29 is 19.1 Å². The number of hydrogen-bond donors (Lipinski definition) is 1. The minimum Gasteiger partial charge on any atom is -0.493 e. The van der Waals surface area contributed by atoms with Gasteiger partial charge in [0.25, 0.3) is 11.8 Å². The van der Waals surface area contributed by atoms with Gasteiger partial charge in [0.15, 0.2) is 18.1 Å². The number of carbonyl (C=O) groups excluding carboxylic acids is 2. The van der Waals surface area contributed by atoms with Crippen LogP contribution < -0.4 is 15.2 Å². The Morgan fingerprint density at radius 3 is 2.50 bits per heavy atom. The molecule has 1 aliphatic heterocycles. The summed E-state index contributed by atoms with van der Waals surface area (Å²) in [5.74, 6) is 0.414. The summed E-state index contributed by atoms with van der Waals surface area (Å²) in [6, 6.07) is 13.6. The van der Waals surface area contributed by atoms with Crippen LogP contribution in [0.25, 0.3) is 0 Å². The molecule has 0 aromatic heterocycles. The average molecular weight is 431 g/mol. The Morgan fingerprint density at radius 2 is 1.87 bits per heavy atom. The monoisotopic (exact) mass is 430 g/mol. The maximum atomic E-state index is 13.0. The fraction of sp³-hybridized carbons (Fsp3) is 0.391. The quantitative estimate of drug-likeness (QED) is 0.692. The lowest BCUT2D eigenvalue weighted by Crippen LogP contribution is -2.38. The van der Waals surface area contributed by atoms with Crippen LogP contribution in [0.5, 0.6) is 11.5 Å². The van der Waals surface area contributed by atoms with Gasteiger partial charge in [0.1, 0.15) is 0 Å². The van der Waals surface area contributed by atoms with Gasteiger partial charge in [-0.05, 0) is 49.3 Å². The van der Waals surface area contributed by atoms with Gasteiger partial charge in [0.05, 0.1) is 12.1 Å². The van der Waals surface area contributed by atoms with Crippen molar-refractivity contribution in [1.82, 2.24) is 4.90 Å². The minimum atomic E-state index is -0.622. The first kappa shape index (κ1) is 22.0. The zero-order valence-electron chi connectivity index (χ0n) is 17.1. The molecule has 7 heteroatoms. The number of primary amides is 1. The zero-order chi connectivity index (χ0) is 21.5. The number of halogens is 1. The lowest BCUT2D eigenvalue weighted by Gasteiger charge is -2.32. The van der Waals surface area contributed by atoms with E-state index in [4.69, 9.17) is 26.8 Å². The van der Waals surface area contributed by atoms with Gasteiger partial charge < -0.3 is 20.1 Å². The summed E-state index contributed by atoms with van der Waals surface area (Å²) in [4.78, 5) is 25.8. The number of rotatable bonds is 8. The second-order valence-electron chi connectivity index (χ2n) is 7.50. The van der Waals surface area contributed by atoms with Crippen molar-refractivity contribution in [3.05, 3.63) is 58.6 Å².